The minimum absolute atomic E-state index is 0.135. The Bertz CT molecular complexity index is 1190. The Labute approximate surface area is 188 Å². The topological polar surface area (TPSA) is 64.7 Å². The lowest BCUT2D eigenvalue weighted by Crippen LogP contribution is -2.10. The van der Waals surface area contributed by atoms with Crippen LogP contribution in [0.25, 0.3) is 0 Å². The Hall–Kier alpha value is -2.61. The summed E-state index contributed by atoms with van der Waals surface area (Å²) in [5.41, 5.74) is 4.54. The average Bonchev–Trinajstić information content (AvgIpc) is 3.41. The molecule has 0 aliphatic heterocycles. The number of thiophene rings is 1. The fourth-order valence-electron chi connectivity index (χ4n) is 3.08. The monoisotopic (exact) mass is 459 g/mol. The van der Waals surface area contributed by atoms with Gasteiger partial charge >= 0.3 is 0 Å². The van der Waals surface area contributed by atoms with E-state index in [0.29, 0.717) is 28.0 Å². The first-order valence-corrected chi connectivity index (χ1v) is 10.9. The van der Waals surface area contributed by atoms with Crippen molar-refractivity contribution in [2.45, 2.75) is 26.9 Å². The number of anilines is 1. The number of aryl methyl sites for hydroxylation is 1. The van der Waals surface area contributed by atoms with Crippen LogP contribution in [0.3, 0.4) is 0 Å². The Kier molecular flexibility index (Phi) is 5.94. The van der Waals surface area contributed by atoms with Crippen LogP contribution in [-0.2, 0) is 13.1 Å². The Balaban J connectivity index is 1.38. The third-order valence-corrected chi connectivity index (χ3v) is 6.38. The summed E-state index contributed by atoms with van der Waals surface area (Å²) in [5, 5.41) is 14.8. The summed E-state index contributed by atoms with van der Waals surface area (Å²) in [6.07, 6.45) is 3.38. The Morgan fingerprint density at radius 3 is 2.53 bits per heavy atom. The second-order valence-electron chi connectivity index (χ2n) is 6.97. The molecule has 30 heavy (non-hydrogen) atoms. The summed E-state index contributed by atoms with van der Waals surface area (Å²) in [5.74, 6) is -0.135. The van der Waals surface area contributed by atoms with Crippen molar-refractivity contribution < 1.29 is 4.79 Å². The Morgan fingerprint density at radius 2 is 1.90 bits per heavy atom. The minimum Gasteiger partial charge on any atom is -0.321 e. The molecule has 4 aromatic rings. The van der Waals surface area contributed by atoms with E-state index >= 15 is 0 Å². The highest BCUT2D eigenvalue weighted by Crippen LogP contribution is 2.22. The van der Waals surface area contributed by atoms with Gasteiger partial charge in [-0.05, 0) is 48.6 Å². The lowest BCUT2D eigenvalue weighted by atomic mass is 10.2. The van der Waals surface area contributed by atoms with Crippen molar-refractivity contribution in [2.24, 2.45) is 0 Å². The number of hydrogen-bond donors (Lipinski definition) is 1. The SMILES string of the molecule is Cc1nn(Cc2csc(C(=O)Nc3ccc(Cn4cc(Cl)cn4)cc3)c2)c(C)c1Cl. The van der Waals surface area contributed by atoms with E-state index in [1.807, 2.05) is 54.2 Å². The van der Waals surface area contributed by atoms with E-state index in [0.717, 1.165) is 28.2 Å². The van der Waals surface area contributed by atoms with Crippen molar-refractivity contribution in [1.82, 2.24) is 19.6 Å². The van der Waals surface area contributed by atoms with Gasteiger partial charge in [-0.3, -0.25) is 14.2 Å². The van der Waals surface area contributed by atoms with E-state index in [1.165, 1.54) is 11.3 Å². The van der Waals surface area contributed by atoms with Crippen molar-refractivity contribution >= 4 is 46.1 Å². The summed E-state index contributed by atoms with van der Waals surface area (Å²) >= 11 is 13.5. The number of carbonyl (C=O) groups is 1. The molecule has 3 heterocycles. The zero-order valence-corrected chi connectivity index (χ0v) is 18.7. The molecule has 0 atom stereocenters. The van der Waals surface area contributed by atoms with Gasteiger partial charge in [0.05, 0.1) is 45.6 Å². The van der Waals surface area contributed by atoms with Crippen LogP contribution in [-0.4, -0.2) is 25.5 Å². The average molecular weight is 460 g/mol. The maximum atomic E-state index is 12.6. The first kappa shape index (κ1) is 20.7. The summed E-state index contributed by atoms with van der Waals surface area (Å²) in [7, 11) is 0. The molecule has 0 saturated carbocycles. The first-order valence-electron chi connectivity index (χ1n) is 9.24. The molecule has 0 radical (unpaired) electrons. The summed E-state index contributed by atoms with van der Waals surface area (Å²) in [4.78, 5) is 13.3. The predicted octanol–water partition coefficient (Wildman–Crippen LogP) is 5.41. The van der Waals surface area contributed by atoms with Gasteiger partial charge < -0.3 is 5.32 Å². The summed E-state index contributed by atoms with van der Waals surface area (Å²) in [6, 6.07) is 9.56. The van der Waals surface area contributed by atoms with Crippen LogP contribution in [0.2, 0.25) is 10.0 Å². The number of nitrogens with zero attached hydrogens (tertiary/aromatic N) is 4. The lowest BCUT2D eigenvalue weighted by molar-refractivity contribution is 0.103. The van der Waals surface area contributed by atoms with Gasteiger partial charge in [0.25, 0.3) is 5.91 Å². The number of rotatable bonds is 6. The van der Waals surface area contributed by atoms with Gasteiger partial charge in [0.15, 0.2) is 0 Å². The molecule has 1 N–H and O–H groups in total. The van der Waals surface area contributed by atoms with Crippen molar-refractivity contribution in [3.63, 3.8) is 0 Å². The van der Waals surface area contributed by atoms with Crippen molar-refractivity contribution in [3.8, 4) is 0 Å². The molecule has 1 amide bonds. The van der Waals surface area contributed by atoms with Crippen LogP contribution in [0, 0.1) is 13.8 Å². The molecule has 1 aromatic carbocycles. The second kappa shape index (κ2) is 8.63. The molecule has 0 spiro atoms. The molecule has 154 valence electrons. The predicted molar refractivity (Wildman–Crippen MR) is 121 cm³/mol. The minimum atomic E-state index is -0.135. The van der Waals surface area contributed by atoms with Gasteiger partial charge in [-0.2, -0.15) is 10.2 Å². The number of aromatic nitrogens is 4. The van der Waals surface area contributed by atoms with Crippen LogP contribution in [0.1, 0.15) is 32.2 Å². The maximum Gasteiger partial charge on any atom is 0.265 e. The Morgan fingerprint density at radius 1 is 1.13 bits per heavy atom. The molecule has 9 heteroatoms. The molecule has 0 aliphatic rings. The van der Waals surface area contributed by atoms with Gasteiger partial charge in [0, 0.05) is 11.9 Å². The molecular formula is C21H19Cl2N5OS. The number of hydrogen-bond acceptors (Lipinski definition) is 4. The van der Waals surface area contributed by atoms with E-state index in [4.69, 9.17) is 23.2 Å². The number of carbonyl (C=O) groups excluding carboxylic acids is 1. The number of benzene rings is 1. The van der Waals surface area contributed by atoms with Crippen molar-refractivity contribution in [2.75, 3.05) is 5.32 Å². The van der Waals surface area contributed by atoms with Gasteiger partial charge in [0.1, 0.15) is 0 Å². The van der Waals surface area contributed by atoms with E-state index in [2.05, 4.69) is 15.5 Å². The largest absolute Gasteiger partial charge is 0.321 e. The zero-order chi connectivity index (χ0) is 21.3. The highest BCUT2D eigenvalue weighted by molar-refractivity contribution is 7.12. The fourth-order valence-corrected chi connectivity index (χ4v) is 4.17. The molecule has 0 saturated heterocycles. The highest BCUT2D eigenvalue weighted by Gasteiger charge is 2.13. The smallest absolute Gasteiger partial charge is 0.265 e. The van der Waals surface area contributed by atoms with Crippen LogP contribution in [0.5, 0.6) is 0 Å². The molecular weight excluding hydrogens is 441 g/mol. The summed E-state index contributed by atoms with van der Waals surface area (Å²) < 4.78 is 3.62. The molecule has 0 fully saturated rings. The number of amides is 1. The van der Waals surface area contributed by atoms with Gasteiger partial charge in [-0.25, -0.2) is 0 Å². The molecule has 3 aromatic heterocycles. The highest BCUT2D eigenvalue weighted by atomic mass is 35.5. The number of halogens is 2. The van der Waals surface area contributed by atoms with E-state index in [1.54, 1.807) is 17.1 Å². The molecule has 6 nitrogen and oxygen atoms in total. The van der Waals surface area contributed by atoms with Crippen LogP contribution in [0.15, 0.2) is 48.1 Å². The third-order valence-electron chi connectivity index (χ3n) is 4.66. The molecule has 0 unspecified atom stereocenters. The second-order valence-corrected chi connectivity index (χ2v) is 8.69. The standard InChI is InChI=1S/C21H19Cl2N5OS/c1-13-20(23)14(2)28(26-13)10-16-7-19(30-12-16)21(29)25-18-5-3-15(4-6-18)9-27-11-17(22)8-24-27/h3-8,11-12H,9-10H2,1-2H3,(H,25,29). The lowest BCUT2D eigenvalue weighted by Gasteiger charge is -2.06. The van der Waals surface area contributed by atoms with E-state index in [-0.39, 0.29) is 5.91 Å². The van der Waals surface area contributed by atoms with Crippen LogP contribution >= 0.6 is 34.5 Å². The van der Waals surface area contributed by atoms with Gasteiger partial charge in [-0.15, -0.1) is 11.3 Å². The van der Waals surface area contributed by atoms with E-state index in [9.17, 15) is 4.79 Å². The van der Waals surface area contributed by atoms with E-state index < -0.39 is 0 Å². The van der Waals surface area contributed by atoms with Gasteiger partial charge in [0.2, 0.25) is 0 Å². The molecule has 0 aliphatic carbocycles. The third kappa shape index (κ3) is 4.59. The molecule has 4 rings (SSSR count). The maximum absolute atomic E-state index is 12.6. The summed E-state index contributed by atoms with van der Waals surface area (Å²) in [6.45, 7) is 5.02. The van der Waals surface area contributed by atoms with Crippen molar-refractivity contribution in [1.29, 1.82) is 0 Å². The van der Waals surface area contributed by atoms with Crippen LogP contribution in [0.4, 0.5) is 5.69 Å². The number of nitrogens with one attached hydrogen (secondary N) is 1. The fraction of sp³-hybridized carbons (Fsp3) is 0.190. The quantitative estimate of drug-likeness (QED) is 0.418. The first-order chi connectivity index (χ1) is 14.4. The van der Waals surface area contributed by atoms with Crippen LogP contribution < -0.4 is 5.32 Å². The van der Waals surface area contributed by atoms with Crippen molar-refractivity contribution in [3.05, 3.63) is 85.5 Å². The van der Waals surface area contributed by atoms with Gasteiger partial charge in [-0.1, -0.05) is 35.3 Å². The normalized spacial score (nSPS) is 11.1. The molecule has 0 bridgehead atoms. The zero-order valence-electron chi connectivity index (χ0n) is 16.4.